The van der Waals surface area contributed by atoms with E-state index in [1.165, 1.54) is 7.11 Å². The summed E-state index contributed by atoms with van der Waals surface area (Å²) < 4.78 is 32.6. The van der Waals surface area contributed by atoms with E-state index in [0.29, 0.717) is 12.1 Å². The van der Waals surface area contributed by atoms with Crippen molar-refractivity contribution in [2.75, 3.05) is 7.11 Å². The molecule has 4 heterocycles. The van der Waals surface area contributed by atoms with Crippen LogP contribution in [0.5, 0.6) is 0 Å². The fourth-order valence-electron chi connectivity index (χ4n) is 8.05. The minimum atomic E-state index is -0.916. The largest absolute Gasteiger partial charge is 0.456 e. The molecule has 1 fully saturated rings. The van der Waals surface area contributed by atoms with Crippen LogP contribution in [-0.4, -0.2) is 77.3 Å². The number of aromatic nitrogens is 2. The van der Waals surface area contributed by atoms with Crippen molar-refractivity contribution >= 4 is 17.9 Å². The standard InChI is InChI=1S/C42H50N2O9/c1-25-21-26(2)42-23-32(39(53-42)38(27(3)28(4)45)52-40(47)34-13-10-18-43-34)14-15-33(42)22-35(49-6)41(48)51-37(25)29(5)50-36(46)24-44-19-16-31(17-20-44)30-11-8-7-9-12-30/h7-21,25,27-29,32-33,35,37-39,45H,22-24H2,1-6H3/p+1/b26-21+/t25-,27-,28+,29-,32-,33-,35+,37+,38-,39-,42+/m1/s1. The predicted molar refractivity (Wildman–Crippen MR) is 195 cm³/mol. The van der Waals surface area contributed by atoms with Gasteiger partial charge in [-0.2, -0.15) is 4.57 Å². The zero-order chi connectivity index (χ0) is 37.9. The third-order valence-corrected chi connectivity index (χ3v) is 11.2. The number of hydrogen-bond acceptors (Lipinski definition) is 9. The SMILES string of the molecule is CO[C@H]1C[C@H]2C=C[C@@H]3C[C@]2(O[C@H]3[C@H](OC(=O)c2ccc[nH]2)[C@H](C)[C@H](C)O)/C(C)=C/[C@@H](C)[C@@H]([C@@H](C)OC(=O)C[n+]2ccc(-c3ccccc3)cc2)OC1=O. The monoisotopic (exact) mass is 727 g/mol. The summed E-state index contributed by atoms with van der Waals surface area (Å²) in [5.74, 6) is -2.75. The Kier molecular flexibility index (Phi) is 11.7. The molecule has 2 aliphatic heterocycles. The van der Waals surface area contributed by atoms with E-state index in [0.717, 1.165) is 16.7 Å². The number of H-pyrrole nitrogens is 1. The van der Waals surface area contributed by atoms with Crippen molar-refractivity contribution in [2.24, 2.45) is 23.7 Å². The van der Waals surface area contributed by atoms with Crippen LogP contribution < -0.4 is 4.57 Å². The van der Waals surface area contributed by atoms with Crippen molar-refractivity contribution < 1.29 is 47.7 Å². The van der Waals surface area contributed by atoms with E-state index in [1.807, 2.05) is 81.7 Å². The van der Waals surface area contributed by atoms with E-state index < -0.39 is 66.1 Å². The van der Waals surface area contributed by atoms with Gasteiger partial charge in [-0.15, -0.1) is 0 Å². The van der Waals surface area contributed by atoms with Gasteiger partial charge in [0.25, 0.3) is 0 Å². The number of nitrogens with zero attached hydrogens (tertiary/aromatic N) is 1. The highest BCUT2D eigenvalue weighted by molar-refractivity contribution is 5.87. The molecule has 0 unspecified atom stereocenters. The van der Waals surface area contributed by atoms with Crippen LogP contribution >= 0.6 is 0 Å². The average Bonchev–Trinajstić information content (AvgIpc) is 3.80. The number of aliphatic hydroxyl groups is 1. The van der Waals surface area contributed by atoms with Gasteiger partial charge >= 0.3 is 17.9 Å². The lowest BCUT2D eigenvalue weighted by Crippen LogP contribution is -2.48. The number of carbonyl (C=O) groups excluding carboxylic acids is 3. The van der Waals surface area contributed by atoms with Crippen molar-refractivity contribution in [3.05, 3.63) is 103 Å². The Morgan fingerprint density at radius 2 is 1.72 bits per heavy atom. The van der Waals surface area contributed by atoms with E-state index in [9.17, 15) is 19.5 Å². The molecule has 0 saturated carbocycles. The third kappa shape index (κ3) is 8.17. The molecule has 282 valence electrons. The first-order chi connectivity index (χ1) is 25.4. The molecule has 11 atom stereocenters. The molecule has 3 aliphatic rings. The number of aliphatic hydroxyl groups excluding tert-OH is 1. The van der Waals surface area contributed by atoms with Gasteiger partial charge in [0.2, 0.25) is 6.54 Å². The lowest BCUT2D eigenvalue weighted by Gasteiger charge is -2.41. The predicted octanol–water partition coefficient (Wildman–Crippen LogP) is 5.39. The number of methoxy groups -OCH3 is 1. The number of pyridine rings is 1. The van der Waals surface area contributed by atoms with Crippen LogP contribution in [0.1, 0.15) is 57.9 Å². The number of cyclic esters (lactones) is 1. The summed E-state index contributed by atoms with van der Waals surface area (Å²) in [6.07, 6.45) is 7.75. The second-order valence-electron chi connectivity index (χ2n) is 14.8. The van der Waals surface area contributed by atoms with Crippen molar-refractivity contribution in [1.29, 1.82) is 0 Å². The first-order valence-corrected chi connectivity index (χ1v) is 18.4. The van der Waals surface area contributed by atoms with E-state index in [1.54, 1.807) is 36.7 Å². The van der Waals surface area contributed by atoms with Crippen molar-refractivity contribution in [1.82, 2.24) is 4.98 Å². The smallest absolute Gasteiger partial charge is 0.373 e. The Labute approximate surface area is 310 Å². The Morgan fingerprint density at radius 1 is 1.00 bits per heavy atom. The highest BCUT2D eigenvalue weighted by atomic mass is 16.6. The molecular formula is C42H51N2O9+. The van der Waals surface area contributed by atoms with E-state index in [4.69, 9.17) is 23.7 Å². The molecule has 1 aliphatic carbocycles. The zero-order valence-electron chi connectivity index (χ0n) is 31.2. The minimum Gasteiger partial charge on any atom is -0.456 e. The van der Waals surface area contributed by atoms with Gasteiger partial charge in [0.15, 0.2) is 18.5 Å². The van der Waals surface area contributed by atoms with Gasteiger partial charge in [-0.3, -0.25) is 0 Å². The molecule has 2 bridgehead atoms. The average molecular weight is 728 g/mol. The van der Waals surface area contributed by atoms with Crippen LogP contribution in [0.3, 0.4) is 0 Å². The summed E-state index contributed by atoms with van der Waals surface area (Å²) in [4.78, 5) is 43.0. The van der Waals surface area contributed by atoms with Gasteiger partial charge < -0.3 is 33.8 Å². The molecule has 0 amide bonds. The Bertz CT molecular complexity index is 1790. The van der Waals surface area contributed by atoms with Crippen LogP contribution in [0.4, 0.5) is 0 Å². The van der Waals surface area contributed by atoms with Gasteiger partial charge in [0.05, 0.1) is 11.7 Å². The maximum Gasteiger partial charge on any atom is 0.373 e. The molecule has 11 heteroatoms. The first kappa shape index (κ1) is 38.2. The molecule has 1 aromatic carbocycles. The third-order valence-electron chi connectivity index (χ3n) is 11.2. The highest BCUT2D eigenvalue weighted by Gasteiger charge is 2.57. The molecule has 2 aromatic heterocycles. The lowest BCUT2D eigenvalue weighted by molar-refractivity contribution is -0.686. The maximum atomic E-state index is 13.7. The Balaban J connectivity index is 1.23. The fraction of sp³-hybridized carbons (Fsp3) is 0.476. The van der Waals surface area contributed by atoms with Crippen LogP contribution in [0.15, 0.2) is 97.0 Å². The molecule has 1 spiro atoms. The van der Waals surface area contributed by atoms with Crippen LogP contribution in [0, 0.1) is 23.7 Å². The fourth-order valence-corrected chi connectivity index (χ4v) is 8.05. The maximum absolute atomic E-state index is 13.7. The molecule has 3 aromatic rings. The Hall–Kier alpha value is -4.58. The molecule has 0 radical (unpaired) electrons. The summed E-state index contributed by atoms with van der Waals surface area (Å²) in [7, 11) is 1.48. The quantitative estimate of drug-likeness (QED) is 0.115. The summed E-state index contributed by atoms with van der Waals surface area (Å²) in [5.41, 5.74) is 2.50. The zero-order valence-corrected chi connectivity index (χ0v) is 31.2. The number of benzene rings is 1. The second-order valence-corrected chi connectivity index (χ2v) is 14.8. The van der Waals surface area contributed by atoms with Crippen molar-refractivity contribution in [2.45, 2.75) is 96.2 Å². The topological polar surface area (TPSA) is 137 Å². The summed E-state index contributed by atoms with van der Waals surface area (Å²) in [6, 6.07) is 17.2. The highest BCUT2D eigenvalue weighted by Crippen LogP contribution is 2.53. The molecule has 6 rings (SSSR count). The minimum absolute atomic E-state index is 0.0156. The molecular weight excluding hydrogens is 676 g/mol. The number of ether oxygens (including phenoxy) is 5. The molecule has 1 saturated heterocycles. The normalized spacial score (nSPS) is 30.1. The summed E-state index contributed by atoms with van der Waals surface area (Å²) in [6.45, 7) is 9.18. The number of fused-ring (bicyclic) bond motifs is 1. The summed E-state index contributed by atoms with van der Waals surface area (Å²) >= 11 is 0. The van der Waals surface area contributed by atoms with E-state index in [2.05, 4.69) is 17.1 Å². The van der Waals surface area contributed by atoms with Gasteiger partial charge in [0, 0.05) is 49.1 Å². The Morgan fingerprint density at radius 3 is 2.38 bits per heavy atom. The number of nitrogens with one attached hydrogen (secondary N) is 1. The van der Waals surface area contributed by atoms with Crippen LogP contribution in [-0.2, 0) is 39.8 Å². The number of rotatable bonds is 11. The van der Waals surface area contributed by atoms with Gasteiger partial charge in [-0.25, -0.2) is 14.4 Å². The number of carbonyl (C=O) groups is 3. The first-order valence-electron chi connectivity index (χ1n) is 18.4. The molecule has 11 nitrogen and oxygen atoms in total. The molecule has 53 heavy (non-hydrogen) atoms. The summed E-state index contributed by atoms with van der Waals surface area (Å²) in [5, 5.41) is 10.7. The van der Waals surface area contributed by atoms with E-state index in [-0.39, 0.29) is 30.7 Å². The van der Waals surface area contributed by atoms with Crippen molar-refractivity contribution in [3.63, 3.8) is 0 Å². The number of esters is 3. The van der Waals surface area contributed by atoms with Gasteiger partial charge in [-0.05, 0) is 62.4 Å². The van der Waals surface area contributed by atoms with Crippen LogP contribution in [0.25, 0.3) is 11.1 Å². The number of hydrogen-bond donors (Lipinski definition) is 2. The van der Waals surface area contributed by atoms with Crippen LogP contribution in [0.2, 0.25) is 0 Å². The van der Waals surface area contributed by atoms with E-state index >= 15 is 0 Å². The second kappa shape index (κ2) is 16.2. The lowest BCUT2D eigenvalue weighted by atomic mass is 9.69. The number of aromatic amines is 1. The van der Waals surface area contributed by atoms with Gasteiger partial charge in [0.1, 0.15) is 30.1 Å². The van der Waals surface area contributed by atoms with Crippen molar-refractivity contribution in [3.8, 4) is 11.1 Å². The van der Waals surface area contributed by atoms with Gasteiger partial charge in [-0.1, -0.05) is 62.4 Å². The molecule has 2 N–H and O–H groups in total.